The summed E-state index contributed by atoms with van der Waals surface area (Å²) in [6, 6.07) is 9.19. The van der Waals surface area contributed by atoms with Gasteiger partial charge in [-0.1, -0.05) is 30.3 Å². The number of nitrogens with one attached hydrogen (secondary N) is 1. The minimum atomic E-state index is -5.07. The second kappa shape index (κ2) is 8.70. The Labute approximate surface area is 191 Å². The molecule has 10 heteroatoms. The number of Topliss-reactive ketones (excluding diaryl/α,β-unsaturated/α-hetero) is 1. The zero-order chi connectivity index (χ0) is 25.5. The minimum Gasteiger partial charge on any atom is -0.346 e. The molecule has 0 heterocycles. The van der Waals surface area contributed by atoms with Crippen LogP contribution in [0.25, 0.3) is 0 Å². The number of ketones is 1. The van der Waals surface area contributed by atoms with Gasteiger partial charge in [0, 0.05) is 12.8 Å². The molecule has 2 aromatic rings. The van der Waals surface area contributed by atoms with E-state index >= 15 is 0 Å². The lowest BCUT2D eigenvalue weighted by atomic mass is 9.73. The van der Waals surface area contributed by atoms with Crippen molar-refractivity contribution in [3.8, 4) is 0 Å². The molecule has 184 valence electrons. The first kappa shape index (κ1) is 25.7. The molecule has 0 spiro atoms. The maximum atomic E-state index is 14.4. The van der Waals surface area contributed by atoms with Gasteiger partial charge in [-0.2, -0.15) is 26.3 Å². The van der Waals surface area contributed by atoms with Gasteiger partial charge in [-0.05, 0) is 49.6 Å². The first-order valence-corrected chi connectivity index (χ1v) is 10.4. The van der Waals surface area contributed by atoms with E-state index in [1.165, 1.54) is 13.8 Å². The molecule has 2 atom stereocenters. The predicted molar refractivity (Wildman–Crippen MR) is 109 cm³/mol. The molecule has 1 fully saturated rings. The number of hydrogen-bond acceptors (Lipinski definition) is 2. The Kier molecular flexibility index (Phi) is 6.58. The van der Waals surface area contributed by atoms with Crippen molar-refractivity contribution in [1.29, 1.82) is 0 Å². The van der Waals surface area contributed by atoms with Crippen LogP contribution in [0.1, 0.15) is 55.4 Å². The van der Waals surface area contributed by atoms with Crippen LogP contribution in [0, 0.1) is 0 Å². The fraction of sp³-hybridized carbons (Fsp3) is 0.417. The van der Waals surface area contributed by atoms with Crippen LogP contribution in [0.3, 0.4) is 0 Å². The van der Waals surface area contributed by atoms with Gasteiger partial charge < -0.3 is 5.32 Å². The molecule has 1 aliphatic carbocycles. The van der Waals surface area contributed by atoms with E-state index in [0.717, 1.165) is 0 Å². The Morgan fingerprint density at radius 2 is 1.41 bits per heavy atom. The first-order valence-electron chi connectivity index (χ1n) is 10.4. The third-order valence-corrected chi connectivity index (χ3v) is 6.23. The van der Waals surface area contributed by atoms with Crippen LogP contribution in [-0.4, -0.2) is 17.9 Å². The molecule has 2 unspecified atom stereocenters. The molecule has 3 nitrogen and oxygen atoms in total. The number of carbonyl (C=O) groups is 2. The molecule has 1 amide bonds. The zero-order valence-corrected chi connectivity index (χ0v) is 18.3. The van der Waals surface area contributed by atoms with Crippen molar-refractivity contribution in [2.75, 3.05) is 0 Å². The maximum absolute atomic E-state index is 14.4. The van der Waals surface area contributed by atoms with E-state index in [9.17, 15) is 40.3 Å². The number of rotatable bonds is 4. The monoisotopic (exact) mass is 489 g/mol. The van der Waals surface area contributed by atoms with E-state index in [-0.39, 0.29) is 18.9 Å². The maximum Gasteiger partial charge on any atom is 0.416 e. The highest BCUT2D eigenvalue weighted by Gasteiger charge is 2.46. The van der Waals surface area contributed by atoms with Crippen LogP contribution in [0.2, 0.25) is 0 Å². The van der Waals surface area contributed by atoms with Gasteiger partial charge in [0.05, 0.1) is 22.1 Å². The van der Waals surface area contributed by atoms with E-state index in [4.69, 9.17) is 0 Å². The number of alkyl halides is 7. The van der Waals surface area contributed by atoms with Gasteiger partial charge in [0.2, 0.25) is 5.91 Å². The lowest BCUT2D eigenvalue weighted by Crippen LogP contribution is -2.55. The molecular weight excluding hydrogens is 467 g/mol. The van der Waals surface area contributed by atoms with Gasteiger partial charge in [0.15, 0.2) is 12.0 Å². The molecule has 2 aromatic carbocycles. The highest BCUT2D eigenvalue weighted by molar-refractivity contribution is 5.89. The molecule has 34 heavy (non-hydrogen) atoms. The lowest BCUT2D eigenvalue weighted by molar-refractivity contribution is -0.143. The summed E-state index contributed by atoms with van der Waals surface area (Å²) >= 11 is 0. The van der Waals surface area contributed by atoms with Gasteiger partial charge in [-0.15, -0.1) is 0 Å². The number of benzene rings is 2. The molecule has 1 aliphatic rings. The average Bonchev–Trinajstić information content (AvgIpc) is 2.75. The van der Waals surface area contributed by atoms with Crippen molar-refractivity contribution < 1.29 is 40.3 Å². The van der Waals surface area contributed by atoms with Crippen LogP contribution in [0.5, 0.6) is 0 Å². The van der Waals surface area contributed by atoms with Gasteiger partial charge in [-0.25, -0.2) is 4.39 Å². The second-order valence-corrected chi connectivity index (χ2v) is 8.96. The Hall–Kier alpha value is -2.91. The summed E-state index contributed by atoms with van der Waals surface area (Å²) in [6.07, 6.45) is -12.6. The van der Waals surface area contributed by atoms with Gasteiger partial charge in [0.1, 0.15) is 0 Å². The van der Waals surface area contributed by atoms with Gasteiger partial charge in [-0.3, -0.25) is 9.59 Å². The number of halogens is 7. The molecule has 0 saturated heterocycles. The fourth-order valence-electron chi connectivity index (χ4n) is 4.04. The van der Waals surface area contributed by atoms with E-state index in [2.05, 4.69) is 5.32 Å². The molecule has 1 saturated carbocycles. The molecular formula is C24H22F7NO2. The van der Waals surface area contributed by atoms with E-state index in [1.54, 1.807) is 30.3 Å². The molecule has 0 radical (unpaired) electrons. The van der Waals surface area contributed by atoms with E-state index in [0.29, 0.717) is 17.7 Å². The number of carbonyl (C=O) groups excluding carboxylic acids is 2. The third kappa shape index (κ3) is 5.10. The average molecular weight is 489 g/mol. The lowest BCUT2D eigenvalue weighted by Gasteiger charge is -2.41. The summed E-state index contributed by atoms with van der Waals surface area (Å²) in [5.74, 6) is -1.53. The van der Waals surface area contributed by atoms with Crippen LogP contribution >= 0.6 is 0 Å². The van der Waals surface area contributed by atoms with Crippen molar-refractivity contribution in [3.63, 3.8) is 0 Å². The summed E-state index contributed by atoms with van der Waals surface area (Å²) in [5.41, 5.74) is -6.30. The van der Waals surface area contributed by atoms with Crippen molar-refractivity contribution >= 4 is 11.7 Å². The molecule has 3 rings (SSSR count). The molecule has 0 aromatic heterocycles. The third-order valence-electron chi connectivity index (χ3n) is 6.23. The summed E-state index contributed by atoms with van der Waals surface area (Å²) in [6.45, 7) is 2.38. The standard InChI is InChI=1S/C24H22F7NO2/c1-21(2,15-10-16(23(26,27)28)12-17(11-15)24(29,30)31)20(34)32-22(14-6-4-3-5-7-14)9-8-19(33)18(25)13-22/h3-7,10-12,18H,8-9,13H2,1-2H3,(H,32,34). The summed E-state index contributed by atoms with van der Waals surface area (Å²) in [7, 11) is 0. The van der Waals surface area contributed by atoms with Crippen LogP contribution < -0.4 is 5.32 Å². The quantitative estimate of drug-likeness (QED) is 0.528. The van der Waals surface area contributed by atoms with Crippen molar-refractivity contribution in [2.24, 2.45) is 0 Å². The Morgan fingerprint density at radius 1 is 0.912 bits per heavy atom. The van der Waals surface area contributed by atoms with Crippen molar-refractivity contribution in [1.82, 2.24) is 5.32 Å². The van der Waals surface area contributed by atoms with Crippen molar-refractivity contribution in [3.05, 3.63) is 70.8 Å². The SMILES string of the molecule is CC(C)(C(=O)NC1(c2ccccc2)CCC(=O)C(F)C1)c1cc(C(F)(F)F)cc(C(F)(F)F)c1. The summed E-state index contributed by atoms with van der Waals surface area (Å²) in [5, 5.41) is 2.66. The predicted octanol–water partition coefficient (Wildman–Crippen LogP) is 6.10. The largest absolute Gasteiger partial charge is 0.416 e. The van der Waals surface area contributed by atoms with Crippen LogP contribution in [0.4, 0.5) is 30.7 Å². The Bertz CT molecular complexity index is 1040. The minimum absolute atomic E-state index is 0.0105. The summed E-state index contributed by atoms with van der Waals surface area (Å²) in [4.78, 5) is 25.1. The Morgan fingerprint density at radius 3 is 1.88 bits per heavy atom. The highest BCUT2D eigenvalue weighted by Crippen LogP contribution is 2.41. The Balaban J connectivity index is 2.05. The normalized spacial score (nSPS) is 21.9. The van der Waals surface area contributed by atoms with E-state index in [1.807, 2.05) is 0 Å². The van der Waals surface area contributed by atoms with E-state index < -0.39 is 64.3 Å². The smallest absolute Gasteiger partial charge is 0.346 e. The van der Waals surface area contributed by atoms with Crippen molar-refractivity contribution in [2.45, 2.75) is 62.6 Å². The topological polar surface area (TPSA) is 46.2 Å². The van der Waals surface area contributed by atoms with Gasteiger partial charge in [0.25, 0.3) is 0 Å². The molecule has 0 aliphatic heterocycles. The zero-order valence-electron chi connectivity index (χ0n) is 18.3. The number of hydrogen-bond donors (Lipinski definition) is 1. The summed E-state index contributed by atoms with van der Waals surface area (Å²) < 4.78 is 94.4. The van der Waals surface area contributed by atoms with Crippen LogP contribution in [-0.2, 0) is 32.9 Å². The fourth-order valence-corrected chi connectivity index (χ4v) is 4.04. The molecule has 0 bridgehead atoms. The van der Waals surface area contributed by atoms with Crippen LogP contribution in [0.15, 0.2) is 48.5 Å². The second-order valence-electron chi connectivity index (χ2n) is 8.96. The van der Waals surface area contributed by atoms with Gasteiger partial charge >= 0.3 is 12.4 Å². The number of amides is 1. The highest BCUT2D eigenvalue weighted by atomic mass is 19.4. The first-order chi connectivity index (χ1) is 15.6. The molecule has 1 N–H and O–H groups in total.